The monoisotopic (exact) mass is 165 g/mol. The molecule has 0 aromatic carbocycles. The molecule has 2 rings (SSSR count). The molecule has 5 heteroatoms. The maximum atomic E-state index is 5.48. The number of hydrogen-bond donors (Lipinski definition) is 1. The van der Waals surface area contributed by atoms with Gasteiger partial charge in [0.25, 0.3) is 0 Å². The first-order chi connectivity index (χ1) is 5.81. The van der Waals surface area contributed by atoms with Crippen molar-refractivity contribution in [2.75, 3.05) is 12.8 Å². The lowest BCUT2D eigenvalue weighted by atomic mass is 10.4. The van der Waals surface area contributed by atoms with Crippen LogP contribution in [0.25, 0.3) is 11.1 Å². The lowest BCUT2D eigenvalue weighted by Crippen LogP contribution is -1.94. The molecule has 5 nitrogen and oxygen atoms in total. The topological polar surface area (TPSA) is 74.2 Å². The van der Waals surface area contributed by atoms with Gasteiger partial charge in [0.15, 0.2) is 17.5 Å². The smallest absolute Gasteiger partial charge is 0.245 e. The Hall–Kier alpha value is -1.78. The van der Waals surface area contributed by atoms with E-state index >= 15 is 0 Å². The number of aromatic nitrogens is 2. The number of methoxy groups -OCH3 is 1. The van der Waals surface area contributed by atoms with Gasteiger partial charge in [-0.2, -0.15) is 4.98 Å². The predicted molar refractivity (Wildman–Crippen MR) is 42.8 cm³/mol. The number of oxazole rings is 1. The number of hydrogen-bond acceptors (Lipinski definition) is 5. The minimum absolute atomic E-state index is 0.358. The van der Waals surface area contributed by atoms with Gasteiger partial charge in [-0.3, -0.25) is 0 Å². The molecule has 0 spiro atoms. The molecule has 2 heterocycles. The largest absolute Gasteiger partial charge is 0.479 e. The van der Waals surface area contributed by atoms with Crippen LogP contribution < -0.4 is 10.5 Å². The summed E-state index contributed by atoms with van der Waals surface area (Å²) in [4.78, 5) is 7.85. The quantitative estimate of drug-likeness (QED) is 0.676. The van der Waals surface area contributed by atoms with Crippen molar-refractivity contribution in [3.8, 4) is 5.88 Å². The van der Waals surface area contributed by atoms with E-state index in [0.29, 0.717) is 22.8 Å². The van der Waals surface area contributed by atoms with Crippen molar-refractivity contribution >= 4 is 16.9 Å². The van der Waals surface area contributed by atoms with Gasteiger partial charge in [-0.1, -0.05) is 0 Å². The molecule has 0 saturated heterocycles. The minimum Gasteiger partial charge on any atom is -0.479 e. The number of nitrogens with zero attached hydrogens (tertiary/aromatic N) is 2. The second-order valence-electron chi connectivity index (χ2n) is 2.26. The van der Waals surface area contributed by atoms with E-state index in [1.807, 2.05) is 0 Å². The third kappa shape index (κ3) is 0.868. The van der Waals surface area contributed by atoms with Crippen LogP contribution in [0.2, 0.25) is 0 Å². The fourth-order valence-corrected chi connectivity index (χ4v) is 0.997. The van der Waals surface area contributed by atoms with Crippen molar-refractivity contribution < 1.29 is 9.15 Å². The van der Waals surface area contributed by atoms with Crippen LogP contribution in [-0.2, 0) is 0 Å². The van der Waals surface area contributed by atoms with Gasteiger partial charge >= 0.3 is 0 Å². The molecule has 0 aliphatic heterocycles. The molecule has 0 atom stereocenters. The standard InChI is InChI=1S/C7H7N3O2/c1-11-7-6-4(12-3-9-6)2-5(8)10-7/h2-3H,1H3,(H2,8,10). The fourth-order valence-electron chi connectivity index (χ4n) is 0.997. The van der Waals surface area contributed by atoms with Crippen LogP contribution in [-0.4, -0.2) is 17.1 Å². The SMILES string of the molecule is COc1nc(N)cc2ocnc12. The highest BCUT2D eigenvalue weighted by Crippen LogP contribution is 2.23. The highest BCUT2D eigenvalue weighted by Gasteiger charge is 2.07. The summed E-state index contributed by atoms with van der Waals surface area (Å²) in [6.07, 6.45) is 1.33. The third-order valence-corrected chi connectivity index (χ3v) is 1.50. The van der Waals surface area contributed by atoms with Gasteiger partial charge in [-0.15, -0.1) is 0 Å². The van der Waals surface area contributed by atoms with Gasteiger partial charge in [0.05, 0.1) is 7.11 Å². The van der Waals surface area contributed by atoms with E-state index < -0.39 is 0 Å². The maximum Gasteiger partial charge on any atom is 0.245 e. The zero-order valence-electron chi connectivity index (χ0n) is 6.44. The molecule has 0 saturated carbocycles. The molecule has 0 radical (unpaired) electrons. The van der Waals surface area contributed by atoms with Gasteiger partial charge in [-0.25, -0.2) is 4.98 Å². The summed E-state index contributed by atoms with van der Waals surface area (Å²) in [6, 6.07) is 1.60. The van der Waals surface area contributed by atoms with Crippen molar-refractivity contribution in [2.24, 2.45) is 0 Å². The second kappa shape index (κ2) is 2.37. The molecule has 0 bridgehead atoms. The Bertz CT molecular complexity index is 410. The Morgan fingerprint density at radius 3 is 3.17 bits per heavy atom. The number of nitrogen functional groups attached to an aromatic ring is 1. The molecule has 2 N–H and O–H groups in total. The number of rotatable bonds is 1. The van der Waals surface area contributed by atoms with E-state index in [2.05, 4.69) is 9.97 Å². The highest BCUT2D eigenvalue weighted by atomic mass is 16.5. The normalized spacial score (nSPS) is 10.4. The number of nitrogens with two attached hydrogens (primary N) is 1. The molecular weight excluding hydrogens is 158 g/mol. The molecule has 0 fully saturated rings. The summed E-state index contributed by atoms with van der Waals surface area (Å²) >= 11 is 0. The molecule has 0 amide bonds. The van der Waals surface area contributed by atoms with E-state index in [1.165, 1.54) is 13.5 Å². The summed E-state index contributed by atoms with van der Waals surface area (Å²) in [5.74, 6) is 0.745. The summed E-state index contributed by atoms with van der Waals surface area (Å²) < 4.78 is 9.98. The fraction of sp³-hybridized carbons (Fsp3) is 0.143. The molecule has 2 aromatic heterocycles. The Morgan fingerprint density at radius 1 is 1.58 bits per heavy atom. The number of ether oxygens (including phenoxy) is 1. The Balaban J connectivity index is 2.80. The van der Waals surface area contributed by atoms with Crippen molar-refractivity contribution in [3.63, 3.8) is 0 Å². The summed E-state index contributed by atoms with van der Waals surface area (Å²) in [7, 11) is 1.51. The van der Waals surface area contributed by atoms with Gasteiger partial charge in [0.2, 0.25) is 5.88 Å². The van der Waals surface area contributed by atoms with E-state index in [1.54, 1.807) is 6.07 Å². The van der Waals surface area contributed by atoms with Gasteiger partial charge in [0, 0.05) is 6.07 Å². The van der Waals surface area contributed by atoms with Crippen LogP contribution in [0.15, 0.2) is 16.9 Å². The summed E-state index contributed by atoms with van der Waals surface area (Å²) in [5.41, 5.74) is 6.65. The van der Waals surface area contributed by atoms with Crippen LogP contribution >= 0.6 is 0 Å². The van der Waals surface area contributed by atoms with E-state index in [0.717, 1.165) is 0 Å². The Labute approximate surface area is 68.2 Å². The van der Waals surface area contributed by atoms with Crippen molar-refractivity contribution in [2.45, 2.75) is 0 Å². The number of anilines is 1. The van der Waals surface area contributed by atoms with Crippen molar-refractivity contribution in [1.82, 2.24) is 9.97 Å². The highest BCUT2D eigenvalue weighted by molar-refractivity contribution is 5.79. The second-order valence-corrected chi connectivity index (χ2v) is 2.26. The van der Waals surface area contributed by atoms with E-state index in [-0.39, 0.29) is 0 Å². The lowest BCUT2D eigenvalue weighted by molar-refractivity contribution is 0.403. The average Bonchev–Trinajstić information content (AvgIpc) is 2.50. The maximum absolute atomic E-state index is 5.48. The molecule has 0 unspecified atom stereocenters. The first-order valence-electron chi connectivity index (χ1n) is 3.35. The predicted octanol–water partition coefficient (Wildman–Crippen LogP) is 0.814. The van der Waals surface area contributed by atoms with Crippen LogP contribution in [0.5, 0.6) is 5.88 Å². The van der Waals surface area contributed by atoms with Gasteiger partial charge in [0.1, 0.15) is 5.82 Å². The van der Waals surface area contributed by atoms with E-state index in [4.69, 9.17) is 14.9 Å². The average molecular weight is 165 g/mol. The zero-order chi connectivity index (χ0) is 8.55. The number of fused-ring (bicyclic) bond motifs is 1. The van der Waals surface area contributed by atoms with Crippen molar-refractivity contribution in [3.05, 3.63) is 12.5 Å². The van der Waals surface area contributed by atoms with Gasteiger partial charge < -0.3 is 14.9 Å². The zero-order valence-corrected chi connectivity index (χ0v) is 6.44. The molecule has 12 heavy (non-hydrogen) atoms. The molecule has 0 aliphatic carbocycles. The molecule has 0 aliphatic rings. The van der Waals surface area contributed by atoms with Gasteiger partial charge in [-0.05, 0) is 0 Å². The summed E-state index contributed by atoms with van der Waals surface area (Å²) in [6.45, 7) is 0. The molecule has 62 valence electrons. The lowest BCUT2D eigenvalue weighted by Gasteiger charge is -1.98. The van der Waals surface area contributed by atoms with Crippen LogP contribution in [0.1, 0.15) is 0 Å². The first kappa shape index (κ1) is 6.90. The number of pyridine rings is 1. The minimum atomic E-state index is 0.358. The Morgan fingerprint density at radius 2 is 2.42 bits per heavy atom. The Kier molecular flexibility index (Phi) is 1.36. The molecule has 2 aromatic rings. The van der Waals surface area contributed by atoms with Crippen molar-refractivity contribution in [1.29, 1.82) is 0 Å². The van der Waals surface area contributed by atoms with Crippen LogP contribution in [0, 0.1) is 0 Å². The van der Waals surface area contributed by atoms with Crippen LogP contribution in [0.3, 0.4) is 0 Å². The van der Waals surface area contributed by atoms with E-state index in [9.17, 15) is 0 Å². The first-order valence-corrected chi connectivity index (χ1v) is 3.35. The third-order valence-electron chi connectivity index (χ3n) is 1.50. The molecular formula is C7H7N3O2. The summed E-state index contributed by atoms with van der Waals surface area (Å²) in [5, 5.41) is 0. The van der Waals surface area contributed by atoms with Crippen LogP contribution in [0.4, 0.5) is 5.82 Å².